The van der Waals surface area contributed by atoms with Gasteiger partial charge in [0.05, 0.1) is 22.6 Å². The van der Waals surface area contributed by atoms with E-state index in [9.17, 15) is 27.5 Å². The Morgan fingerprint density at radius 2 is 1.82 bits per heavy atom. The van der Waals surface area contributed by atoms with Crippen molar-refractivity contribution in [3.63, 3.8) is 0 Å². The molecule has 0 saturated carbocycles. The van der Waals surface area contributed by atoms with Crippen molar-refractivity contribution in [2.75, 3.05) is 44.4 Å². The van der Waals surface area contributed by atoms with E-state index in [1.165, 1.54) is 6.08 Å². The molecule has 8 nitrogen and oxygen atoms in total. The minimum Gasteiger partial charge on any atom is -0.358 e. The van der Waals surface area contributed by atoms with Crippen molar-refractivity contribution in [3.05, 3.63) is 75.1 Å². The number of carbonyl (C=O) groups is 2. The first-order valence-electron chi connectivity index (χ1n) is 13.3. The van der Waals surface area contributed by atoms with Crippen LogP contribution in [-0.4, -0.2) is 75.2 Å². The van der Waals surface area contributed by atoms with E-state index in [0.717, 1.165) is 25.7 Å². The zero-order valence-electron chi connectivity index (χ0n) is 24.2. The number of halogens is 2. The third-order valence-electron chi connectivity index (χ3n) is 6.75. The van der Waals surface area contributed by atoms with E-state index in [1.807, 2.05) is 0 Å². The summed E-state index contributed by atoms with van der Waals surface area (Å²) in [5.74, 6) is -2.02. The lowest BCUT2D eigenvalue weighted by Gasteiger charge is -2.31. The predicted octanol–water partition coefficient (Wildman–Crippen LogP) is 5.57. The Bertz CT molecular complexity index is 1240. The third-order valence-corrected chi connectivity index (χ3v) is 8.25. The predicted molar refractivity (Wildman–Crippen MR) is 160 cm³/mol. The van der Waals surface area contributed by atoms with Gasteiger partial charge in [0.2, 0.25) is 0 Å². The molecule has 2 heterocycles. The summed E-state index contributed by atoms with van der Waals surface area (Å²) in [5.41, 5.74) is 4.02. The Labute approximate surface area is 237 Å². The fourth-order valence-corrected chi connectivity index (χ4v) is 5.80. The Morgan fingerprint density at radius 1 is 1.15 bits per heavy atom. The molecule has 1 aromatic rings. The minimum absolute atomic E-state index is 0.197. The molecule has 1 aromatic heterocycles. The molecule has 40 heavy (non-hydrogen) atoms. The maximum Gasteiger partial charge on any atom is 0.256 e. The maximum absolute atomic E-state index is 13.4. The molecule has 0 bridgehead atoms. The van der Waals surface area contributed by atoms with Crippen molar-refractivity contribution in [1.82, 2.24) is 20.5 Å². The molecule has 2 rings (SSSR count). The minimum atomic E-state index is -3.26. The van der Waals surface area contributed by atoms with E-state index in [0.29, 0.717) is 45.9 Å². The highest BCUT2D eigenvalue weighted by Gasteiger charge is 2.28. The summed E-state index contributed by atoms with van der Waals surface area (Å²) in [6.07, 6.45) is 7.36. The average Bonchev–Trinajstić information content (AvgIpc) is 3.38. The van der Waals surface area contributed by atoms with Gasteiger partial charge in [0.25, 0.3) is 11.8 Å². The molecule has 0 spiro atoms. The highest BCUT2D eigenvalue weighted by molar-refractivity contribution is 8.24. The molecule has 1 saturated heterocycles. The zero-order chi connectivity index (χ0) is 30.0. The van der Waals surface area contributed by atoms with Crippen LogP contribution in [0.15, 0.2) is 52.5 Å². The number of alkyl halides is 1. The number of aryl methyl sites for hydroxylation is 1. The van der Waals surface area contributed by atoms with Gasteiger partial charge >= 0.3 is 0 Å². The van der Waals surface area contributed by atoms with Gasteiger partial charge in [-0.1, -0.05) is 32.1 Å². The number of allylic oxidation sites excluding steroid dienone is 5. The van der Waals surface area contributed by atoms with Gasteiger partial charge in [0.15, 0.2) is 0 Å². The van der Waals surface area contributed by atoms with Crippen molar-refractivity contribution in [2.24, 2.45) is 0 Å². The normalized spacial score (nSPS) is 18.4. The number of nitrogens with one attached hydrogen (secondary N) is 3. The van der Waals surface area contributed by atoms with Crippen LogP contribution in [-0.2, 0) is 4.79 Å². The molecule has 222 valence electrons. The lowest BCUT2D eigenvalue weighted by atomic mass is 10.0. The molecule has 1 fully saturated rings. The van der Waals surface area contributed by atoms with Crippen LogP contribution in [0, 0.1) is 13.8 Å². The van der Waals surface area contributed by atoms with E-state index in [1.54, 1.807) is 45.9 Å². The number of H-pyrrole nitrogens is 1. The topological polar surface area (TPSA) is 118 Å². The zero-order valence-corrected chi connectivity index (χ0v) is 25.0. The fourth-order valence-electron chi connectivity index (χ4n) is 4.47. The Morgan fingerprint density at radius 3 is 2.40 bits per heavy atom. The number of aromatic amines is 1. The fraction of sp³-hybridized carbons (Fsp3) is 0.448. The van der Waals surface area contributed by atoms with Crippen LogP contribution < -0.4 is 10.6 Å². The Balaban J connectivity index is 2.34. The summed E-state index contributed by atoms with van der Waals surface area (Å²) in [5, 5.41) is 5.75. The molecule has 1 aliphatic heterocycles. The molecule has 0 atom stereocenters. The molecule has 0 aliphatic carbocycles. The van der Waals surface area contributed by atoms with Crippen LogP contribution >= 0.6 is 10.6 Å². The largest absolute Gasteiger partial charge is 0.358 e. The van der Waals surface area contributed by atoms with Crippen LogP contribution in [0.4, 0.5) is 8.78 Å². The summed E-state index contributed by atoms with van der Waals surface area (Å²) < 4.78 is 47.3. The van der Waals surface area contributed by atoms with Gasteiger partial charge in [0, 0.05) is 35.7 Å². The maximum atomic E-state index is 13.4. The third kappa shape index (κ3) is 8.76. The van der Waals surface area contributed by atoms with Crippen LogP contribution in [0.5, 0.6) is 0 Å². The van der Waals surface area contributed by atoms with Gasteiger partial charge in [-0.15, -0.1) is 0 Å². The average molecular weight is 581 g/mol. The molecule has 0 radical (unpaired) electrons. The summed E-state index contributed by atoms with van der Waals surface area (Å²) >= 11 is 0. The Kier molecular flexibility index (Phi) is 12.6. The second-order valence-electron chi connectivity index (χ2n) is 9.48. The highest BCUT2D eigenvalue weighted by atomic mass is 32.3. The standard InChI is InChI=1S/C29H42F2N4O4S/c1-7-21(15-22(31)17-30)18-40(38,39)14-11-23-24(28(36)34-25(23)8-2)16-26-19(5)27(20(6)33-26)29(37)32-12-13-35(9-3)10-4/h7-8,11,15-16,33,38-39H,9-10,12-14,17-18H2,1-6H3,(H,32,37)(H,34,36)/b21-7+,22-15+,23-11-,24-16-,25-8+. The van der Waals surface area contributed by atoms with E-state index in [2.05, 4.69) is 34.4 Å². The summed E-state index contributed by atoms with van der Waals surface area (Å²) in [6, 6.07) is 0. The van der Waals surface area contributed by atoms with Gasteiger partial charge < -0.3 is 20.5 Å². The van der Waals surface area contributed by atoms with Crippen molar-refractivity contribution < 1.29 is 27.5 Å². The number of aromatic nitrogens is 1. The van der Waals surface area contributed by atoms with Crippen LogP contribution in [0.25, 0.3) is 6.08 Å². The number of likely N-dealkylation sites (N-methyl/N-ethyl adjacent to an activating group) is 1. The van der Waals surface area contributed by atoms with Crippen LogP contribution in [0.2, 0.25) is 0 Å². The van der Waals surface area contributed by atoms with E-state index >= 15 is 0 Å². The smallest absolute Gasteiger partial charge is 0.256 e. The number of hydrogen-bond acceptors (Lipinski definition) is 5. The molecular formula is C29H42F2N4O4S. The van der Waals surface area contributed by atoms with E-state index in [4.69, 9.17) is 0 Å². The van der Waals surface area contributed by atoms with Crippen molar-refractivity contribution in [2.45, 2.75) is 41.5 Å². The molecule has 5 N–H and O–H groups in total. The van der Waals surface area contributed by atoms with E-state index < -0.39 is 23.1 Å². The van der Waals surface area contributed by atoms with Crippen molar-refractivity contribution in [1.29, 1.82) is 0 Å². The van der Waals surface area contributed by atoms with Gasteiger partial charge in [-0.2, -0.15) is 10.6 Å². The highest BCUT2D eigenvalue weighted by Crippen LogP contribution is 2.42. The summed E-state index contributed by atoms with van der Waals surface area (Å²) in [4.78, 5) is 31.3. The molecule has 0 unspecified atom stereocenters. The van der Waals surface area contributed by atoms with E-state index in [-0.39, 0.29) is 28.9 Å². The Hall–Kier alpha value is -2.99. The molecule has 0 aromatic carbocycles. The number of hydrogen-bond donors (Lipinski definition) is 5. The first kappa shape index (κ1) is 33.2. The van der Waals surface area contributed by atoms with Crippen molar-refractivity contribution >= 4 is 28.5 Å². The van der Waals surface area contributed by atoms with Crippen molar-refractivity contribution in [3.8, 4) is 0 Å². The van der Waals surface area contributed by atoms with Crippen LogP contribution in [0.3, 0.4) is 0 Å². The number of nitrogens with zero attached hydrogens (tertiary/aromatic N) is 1. The summed E-state index contributed by atoms with van der Waals surface area (Å²) in [6.45, 7) is 12.9. The number of rotatable bonds is 13. The lowest BCUT2D eigenvalue weighted by Crippen LogP contribution is -2.35. The van der Waals surface area contributed by atoms with Gasteiger partial charge in [-0.25, -0.2) is 8.78 Å². The molecule has 2 amide bonds. The van der Waals surface area contributed by atoms with Crippen LogP contribution in [0.1, 0.15) is 55.0 Å². The summed E-state index contributed by atoms with van der Waals surface area (Å²) in [7, 11) is -3.26. The monoisotopic (exact) mass is 580 g/mol. The van der Waals surface area contributed by atoms with Gasteiger partial charge in [-0.3, -0.25) is 18.7 Å². The lowest BCUT2D eigenvalue weighted by molar-refractivity contribution is -0.115. The first-order valence-corrected chi connectivity index (χ1v) is 15.2. The molecule has 1 aliphatic rings. The molecular weight excluding hydrogens is 538 g/mol. The molecule has 11 heteroatoms. The second kappa shape index (κ2) is 15.1. The first-order chi connectivity index (χ1) is 18.9. The number of carbonyl (C=O) groups excluding carboxylic acids is 2. The second-order valence-corrected chi connectivity index (χ2v) is 11.7. The van der Waals surface area contributed by atoms with Gasteiger partial charge in [-0.05, 0) is 64.1 Å². The van der Waals surface area contributed by atoms with Gasteiger partial charge in [0.1, 0.15) is 12.5 Å². The SMILES string of the molecule is C/C=C(\C=C(\F)CF)CS(O)(O)C/C=C1C(=C/c2[nH]c(C)c(C(=O)NCCN(CC)CC)c2C)/C(=O)NC/1=C/C. The number of amides is 2. The quantitative estimate of drug-likeness (QED) is 0.155.